The van der Waals surface area contributed by atoms with Crippen LogP contribution >= 0.6 is 23.6 Å². The van der Waals surface area contributed by atoms with Gasteiger partial charge in [-0.3, -0.25) is 20.4 Å². The van der Waals surface area contributed by atoms with Crippen molar-refractivity contribution in [3.05, 3.63) is 51.7 Å². The number of carbonyl (C=O) groups excluding carboxylic acids is 2. The van der Waals surface area contributed by atoms with Crippen LogP contribution in [0, 0.1) is 6.92 Å². The highest BCUT2D eigenvalue weighted by atomic mass is 32.1. The van der Waals surface area contributed by atoms with Crippen LogP contribution in [0.25, 0.3) is 0 Å². The van der Waals surface area contributed by atoms with E-state index < -0.39 is 0 Å². The first-order chi connectivity index (χ1) is 12.0. The number of thiophene rings is 1. The Morgan fingerprint density at radius 3 is 2.60 bits per heavy atom. The zero-order valence-corrected chi connectivity index (χ0v) is 15.9. The molecule has 2 rings (SSSR count). The molecule has 0 aliphatic heterocycles. The smallest absolute Gasteiger partial charge is 0.238 e. The van der Waals surface area contributed by atoms with E-state index in [2.05, 4.69) is 23.1 Å². The van der Waals surface area contributed by atoms with Gasteiger partial charge in [0.15, 0.2) is 10.9 Å². The van der Waals surface area contributed by atoms with Crippen molar-refractivity contribution in [3.63, 3.8) is 0 Å². The molecule has 25 heavy (non-hydrogen) atoms. The average molecular weight is 376 g/mol. The summed E-state index contributed by atoms with van der Waals surface area (Å²) < 4.78 is 0. The Hall–Kier alpha value is -2.25. The summed E-state index contributed by atoms with van der Waals surface area (Å²) in [5.41, 5.74) is 8.38. The van der Waals surface area contributed by atoms with Crippen LogP contribution in [-0.4, -0.2) is 16.8 Å². The predicted octanol–water partition coefficient (Wildman–Crippen LogP) is 3.60. The second-order valence-corrected chi connectivity index (χ2v) is 6.85. The third kappa shape index (κ3) is 5.65. The molecule has 3 N–H and O–H groups in total. The van der Waals surface area contributed by atoms with Crippen LogP contribution in [0.15, 0.2) is 35.7 Å². The van der Waals surface area contributed by atoms with E-state index in [0.29, 0.717) is 9.99 Å². The highest BCUT2D eigenvalue weighted by molar-refractivity contribution is 7.80. The van der Waals surface area contributed by atoms with Crippen molar-refractivity contribution < 1.29 is 9.59 Å². The minimum atomic E-state index is -0.283. The molecule has 0 bridgehead atoms. The first-order valence-electron chi connectivity index (χ1n) is 8.02. The number of Topliss-reactive ketones (excluding diaryl/α,β-unsaturated/α-hetero) is 1. The molecule has 7 heteroatoms. The van der Waals surface area contributed by atoms with Gasteiger partial charge in [0.1, 0.15) is 0 Å². The highest BCUT2D eigenvalue weighted by Crippen LogP contribution is 2.20. The van der Waals surface area contributed by atoms with Crippen molar-refractivity contribution in [2.24, 2.45) is 0 Å². The number of hydrazine groups is 1. The number of ketones is 1. The zero-order valence-electron chi connectivity index (χ0n) is 14.2. The summed E-state index contributed by atoms with van der Waals surface area (Å²) >= 11 is 6.60. The van der Waals surface area contributed by atoms with E-state index in [9.17, 15) is 9.59 Å². The number of rotatable bonds is 6. The lowest BCUT2D eigenvalue weighted by Crippen LogP contribution is -2.44. The summed E-state index contributed by atoms with van der Waals surface area (Å²) in [6.07, 6.45) is 1.16. The van der Waals surface area contributed by atoms with E-state index in [-0.39, 0.29) is 24.5 Å². The summed E-state index contributed by atoms with van der Waals surface area (Å²) in [6, 6.07) is 9.61. The van der Waals surface area contributed by atoms with Gasteiger partial charge in [0.25, 0.3) is 0 Å². The maximum Gasteiger partial charge on any atom is 0.238 e. The van der Waals surface area contributed by atoms with Gasteiger partial charge in [-0.2, -0.15) is 0 Å². The molecule has 1 aromatic heterocycles. The van der Waals surface area contributed by atoms with Gasteiger partial charge in [-0.05, 0) is 48.1 Å². The Morgan fingerprint density at radius 1 is 1.12 bits per heavy atom. The molecule has 0 saturated carbocycles. The molecule has 0 fully saturated rings. The van der Waals surface area contributed by atoms with Gasteiger partial charge in [-0.15, -0.1) is 11.3 Å². The maximum atomic E-state index is 11.9. The standard InChI is InChI=1S/C18H21N3O2S2/c1-3-13-7-4-6-12(2)17(13)19-18(24)21-20-16(23)10-9-14(22)15-8-5-11-25-15/h4-8,11H,3,9-10H2,1-2H3,(H,20,23)(H2,19,21,24). The monoisotopic (exact) mass is 375 g/mol. The topological polar surface area (TPSA) is 70.2 Å². The number of anilines is 1. The zero-order chi connectivity index (χ0) is 18.2. The molecule has 2 aromatic rings. The number of amides is 1. The second-order valence-electron chi connectivity index (χ2n) is 5.49. The normalized spacial score (nSPS) is 10.2. The molecule has 1 amide bonds. The Bertz CT molecular complexity index is 758. The highest BCUT2D eigenvalue weighted by Gasteiger charge is 2.11. The minimum absolute atomic E-state index is 0.0293. The van der Waals surface area contributed by atoms with Crippen LogP contribution in [-0.2, 0) is 11.2 Å². The number of hydrogen-bond acceptors (Lipinski definition) is 4. The van der Waals surface area contributed by atoms with Gasteiger partial charge in [-0.25, -0.2) is 0 Å². The van der Waals surface area contributed by atoms with Gasteiger partial charge < -0.3 is 5.32 Å². The number of hydrogen-bond donors (Lipinski definition) is 3. The largest absolute Gasteiger partial charge is 0.331 e. The van der Waals surface area contributed by atoms with Crippen molar-refractivity contribution in [2.45, 2.75) is 33.1 Å². The molecule has 0 aliphatic carbocycles. The Kier molecular flexibility index (Phi) is 7.09. The number of nitrogens with one attached hydrogen (secondary N) is 3. The second kappa shape index (κ2) is 9.29. The van der Waals surface area contributed by atoms with Crippen LogP contribution in [0.1, 0.15) is 40.6 Å². The number of thiocarbonyl (C=S) groups is 1. The molecular formula is C18H21N3O2S2. The summed E-state index contributed by atoms with van der Waals surface area (Å²) in [5.74, 6) is -0.312. The van der Waals surface area contributed by atoms with Crippen LogP contribution in [0.5, 0.6) is 0 Å². The number of para-hydroxylation sites is 1. The average Bonchev–Trinajstić information content (AvgIpc) is 3.14. The quantitative estimate of drug-likeness (QED) is 0.409. The molecule has 0 saturated heterocycles. The van der Waals surface area contributed by atoms with Crippen LogP contribution in [0.3, 0.4) is 0 Å². The molecule has 0 radical (unpaired) electrons. The van der Waals surface area contributed by atoms with Gasteiger partial charge in [0.05, 0.1) is 4.88 Å². The van der Waals surface area contributed by atoms with Crippen LogP contribution in [0.2, 0.25) is 0 Å². The summed E-state index contributed by atoms with van der Waals surface area (Å²) in [6.45, 7) is 4.07. The number of benzene rings is 1. The molecule has 132 valence electrons. The van der Waals surface area contributed by atoms with E-state index in [0.717, 1.165) is 23.2 Å². The molecule has 0 aliphatic rings. The fourth-order valence-corrected chi connectivity index (χ4v) is 3.17. The summed E-state index contributed by atoms with van der Waals surface area (Å²) in [4.78, 5) is 24.4. The predicted molar refractivity (Wildman–Crippen MR) is 106 cm³/mol. The lowest BCUT2D eigenvalue weighted by molar-refractivity contribution is -0.121. The van der Waals surface area contributed by atoms with E-state index in [1.54, 1.807) is 6.07 Å². The van der Waals surface area contributed by atoms with E-state index in [4.69, 9.17) is 12.2 Å². The lowest BCUT2D eigenvalue weighted by atomic mass is 10.1. The van der Waals surface area contributed by atoms with Crippen LogP contribution in [0.4, 0.5) is 5.69 Å². The molecule has 5 nitrogen and oxygen atoms in total. The van der Waals surface area contributed by atoms with Crippen molar-refractivity contribution in [2.75, 3.05) is 5.32 Å². The molecule has 1 heterocycles. The van der Waals surface area contributed by atoms with Crippen molar-refractivity contribution >= 4 is 46.0 Å². The molecular weight excluding hydrogens is 354 g/mol. The van der Waals surface area contributed by atoms with E-state index in [1.807, 2.05) is 36.6 Å². The van der Waals surface area contributed by atoms with Crippen molar-refractivity contribution in [1.29, 1.82) is 0 Å². The summed E-state index contributed by atoms with van der Waals surface area (Å²) in [7, 11) is 0. The minimum Gasteiger partial charge on any atom is -0.331 e. The lowest BCUT2D eigenvalue weighted by Gasteiger charge is -2.16. The molecule has 1 aromatic carbocycles. The van der Waals surface area contributed by atoms with Crippen molar-refractivity contribution in [1.82, 2.24) is 10.9 Å². The molecule has 0 unspecified atom stereocenters. The van der Waals surface area contributed by atoms with Gasteiger partial charge in [-0.1, -0.05) is 31.2 Å². The maximum absolute atomic E-state index is 11.9. The fraction of sp³-hybridized carbons (Fsp3) is 0.278. The van der Waals surface area contributed by atoms with Gasteiger partial charge >= 0.3 is 0 Å². The third-order valence-electron chi connectivity index (χ3n) is 3.67. The Morgan fingerprint density at radius 2 is 1.92 bits per heavy atom. The third-order valence-corrected chi connectivity index (χ3v) is 4.78. The number of aryl methyl sites for hydroxylation is 2. The first kappa shape index (κ1) is 19.1. The van der Waals surface area contributed by atoms with E-state index >= 15 is 0 Å². The van der Waals surface area contributed by atoms with Crippen molar-refractivity contribution in [3.8, 4) is 0 Å². The van der Waals surface area contributed by atoms with Gasteiger partial charge in [0, 0.05) is 18.5 Å². The first-order valence-corrected chi connectivity index (χ1v) is 9.31. The fourth-order valence-electron chi connectivity index (χ4n) is 2.32. The summed E-state index contributed by atoms with van der Waals surface area (Å²) in [5, 5.41) is 5.26. The van der Waals surface area contributed by atoms with Gasteiger partial charge in [0.2, 0.25) is 5.91 Å². The Balaban J connectivity index is 1.78. The molecule has 0 spiro atoms. The molecule has 0 atom stereocenters. The SMILES string of the molecule is CCc1cccc(C)c1NC(=S)NNC(=O)CCC(=O)c1cccs1. The Labute approximate surface area is 156 Å². The van der Waals surface area contributed by atoms with Crippen LogP contribution < -0.4 is 16.2 Å². The van der Waals surface area contributed by atoms with E-state index in [1.165, 1.54) is 11.3 Å². The number of carbonyl (C=O) groups is 2.